The molecule has 2 fully saturated rings. The highest BCUT2D eigenvalue weighted by molar-refractivity contribution is 5.92. The number of anilines is 1. The molecule has 1 aliphatic carbocycles. The molecule has 0 radical (unpaired) electrons. The number of nitrogens with zero attached hydrogens (tertiary/aromatic N) is 3. The quantitative estimate of drug-likeness (QED) is 0.857. The summed E-state index contributed by atoms with van der Waals surface area (Å²) in [5.74, 6) is 3.11. The molecule has 1 saturated heterocycles. The number of nitrogens with one attached hydrogen (secondary N) is 1. The van der Waals surface area contributed by atoms with Crippen molar-refractivity contribution in [3.63, 3.8) is 0 Å². The van der Waals surface area contributed by atoms with Crippen molar-refractivity contribution in [3.8, 4) is 5.75 Å². The average molecular weight is 356 g/mol. The van der Waals surface area contributed by atoms with E-state index in [9.17, 15) is 4.79 Å². The molecule has 0 atom stereocenters. The van der Waals surface area contributed by atoms with Crippen LogP contribution in [0.5, 0.6) is 5.75 Å². The first-order valence-electron chi connectivity index (χ1n) is 9.21. The second kappa shape index (κ2) is 7.45. The zero-order chi connectivity index (χ0) is 17.9. The molecule has 7 heteroatoms. The molecule has 0 bridgehead atoms. The number of carbonyl (C=O) groups excluding carboxylic acids is 1. The number of hydrogen-bond acceptors (Lipinski definition) is 6. The number of hydrogen-bond donors (Lipinski definition) is 1. The van der Waals surface area contributed by atoms with Crippen molar-refractivity contribution in [2.45, 2.75) is 37.5 Å². The predicted molar refractivity (Wildman–Crippen MR) is 96.3 cm³/mol. The summed E-state index contributed by atoms with van der Waals surface area (Å²) in [6, 6.07) is 7.39. The summed E-state index contributed by atoms with van der Waals surface area (Å²) in [5.41, 5.74) is 0.753. The Hall–Kier alpha value is -2.41. The van der Waals surface area contributed by atoms with Crippen molar-refractivity contribution in [2.75, 3.05) is 32.1 Å². The first-order valence-corrected chi connectivity index (χ1v) is 9.21. The van der Waals surface area contributed by atoms with Crippen molar-refractivity contribution in [1.82, 2.24) is 15.1 Å². The topological polar surface area (TPSA) is 80.5 Å². The van der Waals surface area contributed by atoms with E-state index in [2.05, 4.69) is 20.4 Å². The van der Waals surface area contributed by atoms with E-state index < -0.39 is 0 Å². The molecule has 138 valence electrons. The van der Waals surface area contributed by atoms with Crippen molar-refractivity contribution in [1.29, 1.82) is 0 Å². The number of methoxy groups -OCH3 is 1. The van der Waals surface area contributed by atoms with E-state index in [-0.39, 0.29) is 5.91 Å². The zero-order valence-electron chi connectivity index (χ0n) is 15.0. The van der Waals surface area contributed by atoms with Crippen molar-refractivity contribution in [3.05, 3.63) is 36.0 Å². The Kier molecular flexibility index (Phi) is 4.88. The van der Waals surface area contributed by atoms with Gasteiger partial charge in [0.1, 0.15) is 5.75 Å². The Morgan fingerprint density at radius 1 is 1.19 bits per heavy atom. The lowest BCUT2D eigenvalue weighted by Gasteiger charge is -2.29. The van der Waals surface area contributed by atoms with Gasteiger partial charge >= 0.3 is 0 Å². The fourth-order valence-electron chi connectivity index (χ4n) is 3.35. The van der Waals surface area contributed by atoms with Gasteiger partial charge in [0, 0.05) is 23.6 Å². The summed E-state index contributed by atoms with van der Waals surface area (Å²) in [7, 11) is 1.61. The number of piperidine rings is 1. The molecule has 26 heavy (non-hydrogen) atoms. The highest BCUT2D eigenvalue weighted by Crippen LogP contribution is 2.40. The molecule has 2 aliphatic rings. The summed E-state index contributed by atoms with van der Waals surface area (Å²) >= 11 is 0. The molecular weight excluding hydrogens is 332 g/mol. The van der Waals surface area contributed by atoms with E-state index in [1.54, 1.807) is 7.11 Å². The number of amides is 1. The van der Waals surface area contributed by atoms with Gasteiger partial charge in [-0.15, -0.1) is 10.2 Å². The number of carbonyl (C=O) groups is 1. The fourth-order valence-corrected chi connectivity index (χ4v) is 3.35. The maximum atomic E-state index is 12.3. The van der Waals surface area contributed by atoms with Crippen LogP contribution >= 0.6 is 0 Å². The lowest BCUT2D eigenvalue weighted by Crippen LogP contribution is -2.38. The van der Waals surface area contributed by atoms with Crippen molar-refractivity contribution < 1.29 is 13.9 Å². The minimum absolute atomic E-state index is 0.00878. The van der Waals surface area contributed by atoms with Crippen LogP contribution < -0.4 is 10.1 Å². The van der Waals surface area contributed by atoms with Gasteiger partial charge in [-0.3, -0.25) is 9.69 Å². The summed E-state index contributed by atoms with van der Waals surface area (Å²) in [5, 5.41) is 11.3. The molecule has 1 N–H and O–H groups in total. The van der Waals surface area contributed by atoms with Crippen LogP contribution in [0.3, 0.4) is 0 Å². The van der Waals surface area contributed by atoms with Crippen LogP contribution in [0.2, 0.25) is 0 Å². The van der Waals surface area contributed by atoms with Gasteiger partial charge in [0.2, 0.25) is 17.7 Å². The average Bonchev–Trinajstić information content (AvgIpc) is 3.39. The Balaban J connectivity index is 1.25. The van der Waals surface area contributed by atoms with Gasteiger partial charge in [0.25, 0.3) is 0 Å². The first-order chi connectivity index (χ1) is 12.7. The van der Waals surface area contributed by atoms with Crippen LogP contribution in [-0.4, -0.2) is 47.7 Å². The molecule has 2 heterocycles. The second-order valence-corrected chi connectivity index (χ2v) is 7.08. The lowest BCUT2D eigenvalue weighted by molar-refractivity contribution is -0.117. The monoisotopic (exact) mass is 356 g/mol. The number of benzene rings is 1. The Morgan fingerprint density at radius 2 is 1.88 bits per heavy atom. The normalized spacial score (nSPS) is 18.7. The maximum Gasteiger partial charge on any atom is 0.238 e. The van der Waals surface area contributed by atoms with Gasteiger partial charge in [-0.2, -0.15) is 0 Å². The van der Waals surface area contributed by atoms with E-state index in [4.69, 9.17) is 9.15 Å². The molecule has 4 rings (SSSR count). The molecule has 1 aromatic carbocycles. The van der Waals surface area contributed by atoms with E-state index in [1.807, 2.05) is 24.3 Å². The predicted octanol–water partition coefficient (Wildman–Crippen LogP) is 2.77. The number of aromatic nitrogens is 2. The van der Waals surface area contributed by atoms with E-state index >= 15 is 0 Å². The van der Waals surface area contributed by atoms with Gasteiger partial charge < -0.3 is 14.5 Å². The molecule has 2 aromatic rings. The highest BCUT2D eigenvalue weighted by Gasteiger charge is 2.31. The molecule has 1 saturated carbocycles. The van der Waals surface area contributed by atoms with Crippen LogP contribution in [-0.2, 0) is 4.79 Å². The number of rotatable bonds is 6. The number of ether oxygens (including phenoxy) is 1. The van der Waals surface area contributed by atoms with Crippen LogP contribution in [0.4, 0.5) is 5.69 Å². The van der Waals surface area contributed by atoms with Gasteiger partial charge in [-0.1, -0.05) is 6.07 Å². The van der Waals surface area contributed by atoms with Crippen molar-refractivity contribution >= 4 is 11.6 Å². The maximum absolute atomic E-state index is 12.3. The molecular formula is C19H24N4O3. The number of likely N-dealkylation sites (tertiary alicyclic amines) is 1. The minimum atomic E-state index is -0.00878. The van der Waals surface area contributed by atoms with Crippen LogP contribution in [0.1, 0.15) is 49.3 Å². The molecule has 1 aliphatic heterocycles. The van der Waals surface area contributed by atoms with E-state index in [0.29, 0.717) is 18.4 Å². The second-order valence-electron chi connectivity index (χ2n) is 7.08. The Labute approximate surface area is 152 Å². The molecule has 0 spiro atoms. The van der Waals surface area contributed by atoms with Gasteiger partial charge in [0.05, 0.1) is 13.7 Å². The zero-order valence-corrected chi connectivity index (χ0v) is 15.0. The van der Waals surface area contributed by atoms with E-state index in [1.165, 1.54) is 12.8 Å². The third kappa shape index (κ3) is 4.04. The molecule has 1 amide bonds. The molecule has 1 aromatic heterocycles. The van der Waals surface area contributed by atoms with Gasteiger partial charge in [-0.25, -0.2) is 0 Å². The SMILES string of the molecule is COc1cccc(NC(=O)CN2CCC(c3nnc(C4CC4)o3)CC2)c1. The summed E-state index contributed by atoms with van der Waals surface area (Å²) in [6.45, 7) is 2.11. The highest BCUT2D eigenvalue weighted by atomic mass is 16.5. The van der Waals surface area contributed by atoms with Crippen LogP contribution in [0, 0.1) is 0 Å². The Bertz CT molecular complexity index is 764. The Morgan fingerprint density at radius 3 is 2.54 bits per heavy atom. The summed E-state index contributed by atoms with van der Waals surface area (Å²) in [4.78, 5) is 14.5. The van der Waals surface area contributed by atoms with Crippen molar-refractivity contribution in [2.24, 2.45) is 0 Å². The van der Waals surface area contributed by atoms with E-state index in [0.717, 1.165) is 49.1 Å². The third-order valence-corrected chi connectivity index (χ3v) is 5.04. The summed E-state index contributed by atoms with van der Waals surface area (Å²) in [6.07, 6.45) is 4.22. The lowest BCUT2D eigenvalue weighted by atomic mass is 9.97. The van der Waals surface area contributed by atoms with Gasteiger partial charge in [0.15, 0.2) is 0 Å². The first kappa shape index (κ1) is 17.0. The standard InChI is InChI=1S/C19H24N4O3/c1-25-16-4-2-3-15(11-16)20-17(24)12-23-9-7-14(8-10-23)19-22-21-18(26-19)13-5-6-13/h2-4,11,13-14H,5-10,12H2,1H3,(H,20,24). The molecule has 7 nitrogen and oxygen atoms in total. The minimum Gasteiger partial charge on any atom is -0.497 e. The van der Waals surface area contributed by atoms with Crippen LogP contribution in [0.25, 0.3) is 0 Å². The fraction of sp³-hybridized carbons (Fsp3) is 0.526. The third-order valence-electron chi connectivity index (χ3n) is 5.04. The molecule has 0 unspecified atom stereocenters. The van der Waals surface area contributed by atoms with Crippen LogP contribution in [0.15, 0.2) is 28.7 Å². The van der Waals surface area contributed by atoms with Gasteiger partial charge in [-0.05, 0) is 50.9 Å². The summed E-state index contributed by atoms with van der Waals surface area (Å²) < 4.78 is 11.0. The smallest absolute Gasteiger partial charge is 0.238 e. The largest absolute Gasteiger partial charge is 0.497 e.